The van der Waals surface area contributed by atoms with Crippen LogP contribution in [0.2, 0.25) is 0 Å². The van der Waals surface area contributed by atoms with Crippen LogP contribution in [0.4, 0.5) is 5.69 Å². The number of para-hydroxylation sites is 2. The average molecular weight is 465 g/mol. The van der Waals surface area contributed by atoms with Crippen LogP contribution in [-0.2, 0) is 6.54 Å². The van der Waals surface area contributed by atoms with Gasteiger partial charge in [0.05, 0.1) is 22.5 Å². The molecule has 7 heteroatoms. The van der Waals surface area contributed by atoms with Gasteiger partial charge in [-0.2, -0.15) is 5.26 Å². The van der Waals surface area contributed by atoms with Crippen LogP contribution in [0.3, 0.4) is 0 Å². The summed E-state index contributed by atoms with van der Waals surface area (Å²) in [7, 11) is 0. The lowest BCUT2D eigenvalue weighted by atomic mass is 10.0. The molecule has 1 N–H and O–H groups in total. The molecule has 0 amide bonds. The summed E-state index contributed by atoms with van der Waals surface area (Å²) in [6, 6.07) is 25.9. The molecule has 174 valence electrons. The van der Waals surface area contributed by atoms with Gasteiger partial charge in [0.25, 0.3) is 5.56 Å². The first-order valence-corrected chi connectivity index (χ1v) is 11.5. The van der Waals surface area contributed by atoms with Crippen molar-refractivity contribution in [2.24, 2.45) is 0 Å². The quantitative estimate of drug-likeness (QED) is 0.482. The van der Waals surface area contributed by atoms with Gasteiger partial charge in [-0.3, -0.25) is 14.3 Å². The predicted octanol–water partition coefficient (Wildman–Crippen LogP) is 3.88. The summed E-state index contributed by atoms with van der Waals surface area (Å²) in [5.74, 6) is -1.05. The first kappa shape index (κ1) is 22.4. The summed E-state index contributed by atoms with van der Waals surface area (Å²) in [5.41, 5.74) is 2.59. The topological polar surface area (TPSA) is 89.6 Å². The van der Waals surface area contributed by atoms with Gasteiger partial charge in [0.2, 0.25) is 0 Å². The number of carboxylic acids is 1. The molecule has 1 aliphatic rings. The fraction of sp³-hybridized carbons (Fsp3) is 0.179. The van der Waals surface area contributed by atoms with Gasteiger partial charge in [-0.1, -0.05) is 48.5 Å². The van der Waals surface area contributed by atoms with Crippen molar-refractivity contribution in [3.05, 3.63) is 106 Å². The molecular weight excluding hydrogens is 440 g/mol. The van der Waals surface area contributed by atoms with E-state index in [-0.39, 0.29) is 11.1 Å². The molecule has 0 bridgehead atoms. The molecule has 1 aliphatic heterocycles. The van der Waals surface area contributed by atoms with E-state index in [1.807, 2.05) is 54.6 Å². The van der Waals surface area contributed by atoms with Crippen LogP contribution in [-0.4, -0.2) is 46.7 Å². The van der Waals surface area contributed by atoms with Crippen LogP contribution in [0.5, 0.6) is 0 Å². The number of rotatable bonds is 5. The van der Waals surface area contributed by atoms with E-state index < -0.39 is 5.97 Å². The van der Waals surface area contributed by atoms with E-state index in [0.29, 0.717) is 60.4 Å². The SMILES string of the molecule is N#Cc1ccccc1N1CCN(Cc2c(C(=O)O)c3ccccc3c(=O)n2-c2ccccc2)CC1. The number of benzene rings is 3. The Hall–Kier alpha value is -4.41. The second-order valence-corrected chi connectivity index (χ2v) is 8.54. The highest BCUT2D eigenvalue weighted by Crippen LogP contribution is 2.26. The van der Waals surface area contributed by atoms with Gasteiger partial charge in [-0.15, -0.1) is 0 Å². The average Bonchev–Trinajstić information content (AvgIpc) is 2.90. The van der Waals surface area contributed by atoms with E-state index in [1.54, 1.807) is 28.8 Å². The summed E-state index contributed by atoms with van der Waals surface area (Å²) in [4.78, 5) is 30.4. The van der Waals surface area contributed by atoms with E-state index in [2.05, 4.69) is 15.9 Å². The number of nitriles is 1. The van der Waals surface area contributed by atoms with Crippen molar-refractivity contribution in [1.29, 1.82) is 5.26 Å². The van der Waals surface area contributed by atoms with Crippen molar-refractivity contribution < 1.29 is 9.90 Å². The monoisotopic (exact) mass is 464 g/mol. The minimum Gasteiger partial charge on any atom is -0.478 e. The van der Waals surface area contributed by atoms with Crippen LogP contribution in [0.1, 0.15) is 21.6 Å². The fourth-order valence-electron chi connectivity index (χ4n) is 4.84. The standard InChI is InChI=1S/C28H24N4O3/c29-18-20-8-4-7-13-24(20)31-16-14-30(15-17-31)19-25-26(28(34)35)22-11-5-6-12-23(22)27(33)32(25)21-9-2-1-3-10-21/h1-13H,14-17,19H2,(H,34,35). The summed E-state index contributed by atoms with van der Waals surface area (Å²) in [6.45, 7) is 3.07. The van der Waals surface area contributed by atoms with Gasteiger partial charge in [-0.25, -0.2) is 4.79 Å². The van der Waals surface area contributed by atoms with Crippen LogP contribution in [0, 0.1) is 11.3 Å². The number of hydrogen-bond donors (Lipinski definition) is 1. The molecule has 3 aromatic carbocycles. The Morgan fingerprint density at radius 3 is 2.17 bits per heavy atom. The van der Waals surface area contributed by atoms with E-state index in [0.717, 1.165) is 5.69 Å². The lowest BCUT2D eigenvalue weighted by Gasteiger charge is -2.37. The number of aromatic carboxylic acids is 1. The molecular formula is C28H24N4O3. The highest BCUT2D eigenvalue weighted by atomic mass is 16.4. The summed E-state index contributed by atoms with van der Waals surface area (Å²) < 4.78 is 1.54. The number of pyridine rings is 1. The minimum atomic E-state index is -1.05. The van der Waals surface area contributed by atoms with Gasteiger partial charge >= 0.3 is 5.97 Å². The number of hydrogen-bond acceptors (Lipinski definition) is 5. The second-order valence-electron chi connectivity index (χ2n) is 8.54. The number of nitrogens with zero attached hydrogens (tertiary/aromatic N) is 4. The maximum atomic E-state index is 13.6. The number of anilines is 1. The zero-order valence-electron chi connectivity index (χ0n) is 19.1. The first-order chi connectivity index (χ1) is 17.1. The molecule has 0 unspecified atom stereocenters. The predicted molar refractivity (Wildman–Crippen MR) is 135 cm³/mol. The molecule has 0 saturated carbocycles. The van der Waals surface area contributed by atoms with Crippen molar-refractivity contribution >= 4 is 22.4 Å². The van der Waals surface area contributed by atoms with Crippen molar-refractivity contribution in [3.8, 4) is 11.8 Å². The smallest absolute Gasteiger partial charge is 0.338 e. The lowest BCUT2D eigenvalue weighted by molar-refractivity contribution is 0.0695. The number of aromatic nitrogens is 1. The van der Waals surface area contributed by atoms with Crippen molar-refractivity contribution in [2.75, 3.05) is 31.1 Å². The molecule has 1 saturated heterocycles. The van der Waals surface area contributed by atoms with E-state index in [9.17, 15) is 20.0 Å². The van der Waals surface area contributed by atoms with E-state index >= 15 is 0 Å². The Labute approximate surface area is 202 Å². The number of piperazine rings is 1. The molecule has 1 aromatic heterocycles. The molecule has 5 rings (SSSR count). The molecule has 0 radical (unpaired) electrons. The van der Waals surface area contributed by atoms with Crippen LogP contribution >= 0.6 is 0 Å². The minimum absolute atomic E-state index is 0.154. The van der Waals surface area contributed by atoms with Crippen molar-refractivity contribution in [3.63, 3.8) is 0 Å². The Bertz CT molecular complexity index is 1500. The Morgan fingerprint density at radius 2 is 1.49 bits per heavy atom. The maximum Gasteiger partial charge on any atom is 0.338 e. The number of carbonyl (C=O) groups is 1. The molecule has 7 nitrogen and oxygen atoms in total. The van der Waals surface area contributed by atoms with Gasteiger partial charge in [0.1, 0.15) is 6.07 Å². The van der Waals surface area contributed by atoms with Crippen LogP contribution < -0.4 is 10.5 Å². The Morgan fingerprint density at radius 1 is 0.857 bits per heavy atom. The second kappa shape index (κ2) is 9.45. The third-order valence-corrected chi connectivity index (χ3v) is 6.53. The fourth-order valence-corrected chi connectivity index (χ4v) is 4.84. The Balaban J connectivity index is 1.54. The molecule has 0 spiro atoms. The van der Waals surface area contributed by atoms with Crippen LogP contribution in [0.15, 0.2) is 83.7 Å². The third-order valence-electron chi connectivity index (χ3n) is 6.53. The zero-order valence-corrected chi connectivity index (χ0v) is 19.1. The first-order valence-electron chi connectivity index (χ1n) is 11.5. The summed E-state index contributed by atoms with van der Waals surface area (Å²) in [5, 5.41) is 20.5. The molecule has 4 aromatic rings. The number of fused-ring (bicyclic) bond motifs is 1. The maximum absolute atomic E-state index is 13.6. The Kier molecular flexibility index (Phi) is 6.04. The van der Waals surface area contributed by atoms with Gasteiger partial charge in [-0.05, 0) is 30.3 Å². The zero-order chi connectivity index (χ0) is 24.4. The number of carboxylic acid groups (broad SMARTS) is 1. The molecule has 0 atom stereocenters. The summed E-state index contributed by atoms with van der Waals surface area (Å²) >= 11 is 0. The summed E-state index contributed by atoms with van der Waals surface area (Å²) in [6.07, 6.45) is 0. The van der Waals surface area contributed by atoms with E-state index in [4.69, 9.17) is 0 Å². The highest BCUT2D eigenvalue weighted by molar-refractivity contribution is 6.04. The molecule has 35 heavy (non-hydrogen) atoms. The van der Waals surface area contributed by atoms with E-state index in [1.165, 1.54) is 0 Å². The molecule has 2 heterocycles. The largest absolute Gasteiger partial charge is 0.478 e. The molecule has 0 aliphatic carbocycles. The highest BCUT2D eigenvalue weighted by Gasteiger charge is 2.26. The third kappa shape index (κ3) is 4.16. The van der Waals surface area contributed by atoms with Crippen LogP contribution in [0.25, 0.3) is 16.5 Å². The van der Waals surface area contributed by atoms with Gasteiger partial charge < -0.3 is 10.0 Å². The van der Waals surface area contributed by atoms with Crippen molar-refractivity contribution in [2.45, 2.75) is 6.54 Å². The van der Waals surface area contributed by atoms with Crippen molar-refractivity contribution in [1.82, 2.24) is 9.47 Å². The lowest BCUT2D eigenvalue weighted by Crippen LogP contribution is -2.47. The molecule has 1 fully saturated rings. The van der Waals surface area contributed by atoms with Gasteiger partial charge in [0, 0.05) is 49.2 Å². The normalized spacial score (nSPS) is 14.1. The van der Waals surface area contributed by atoms with Gasteiger partial charge in [0.15, 0.2) is 0 Å².